The Morgan fingerprint density at radius 1 is 0.275 bits per heavy atom. The normalized spacial score (nSPS) is 16.3. The second kappa shape index (κ2) is 25.4. The largest absolute Gasteiger partial charge is 0.371 e. The standard InChI is InChI=1S/C104H91BN4/c1(5-30-68-32-7-9-36-74(68)70-54-56-82-80-42-15-21-50-90(80)103(92(82)64-70)86-46-17-11-38-76(86)77-39-12-18-47-87(77)103)3-23-62-108-96-52-25-53-97-98(96)105(94-66-72-34-26-58-106-60-28-44-84(99(72)106)101(94)108)95-67-73-35-27-59-107-61-29-45-85(100(73)107)102(95)109(97)63-24-4-2-6-31-69-33-8-10-37-75(69)71-55-57-83-81-43-16-22-51-91(81)104(93(83)65-71)88-48-19-13-40-78(88)79-41-14-20-49-89(79)104/h7-22,25,32-33,36-43,46-57,64-67H,1-6,23-24,26-31,34-35,44-45,58-63H2. The molecular formula is C104H91BN4. The smallest absolute Gasteiger partial charge is 0.252 e. The molecule has 0 fully saturated rings. The van der Waals surface area contributed by atoms with Gasteiger partial charge in [0, 0.05) is 73.4 Å². The second-order valence-corrected chi connectivity index (χ2v) is 33.4. The molecule has 0 unspecified atom stereocenters. The molecular weight excluding hydrogens is 1320 g/mol. The lowest BCUT2D eigenvalue weighted by Gasteiger charge is -2.49. The van der Waals surface area contributed by atoms with Gasteiger partial charge in [-0.1, -0.05) is 262 Å². The zero-order valence-corrected chi connectivity index (χ0v) is 62.7. The molecule has 530 valence electrons. The summed E-state index contributed by atoms with van der Waals surface area (Å²) in [5.41, 5.74) is 50.4. The molecule has 10 aliphatic rings. The van der Waals surface area contributed by atoms with Crippen molar-refractivity contribution in [2.45, 2.75) is 126 Å². The van der Waals surface area contributed by atoms with E-state index < -0.39 is 0 Å². The van der Waals surface area contributed by atoms with E-state index in [0.717, 1.165) is 38.8 Å². The number of anilines is 6. The van der Waals surface area contributed by atoms with Crippen LogP contribution >= 0.6 is 0 Å². The van der Waals surface area contributed by atoms with Gasteiger partial charge in [0.05, 0.1) is 10.8 Å². The summed E-state index contributed by atoms with van der Waals surface area (Å²) in [5.74, 6) is 0. The summed E-state index contributed by atoms with van der Waals surface area (Å²) >= 11 is 0. The minimum absolute atomic E-state index is 0.217. The van der Waals surface area contributed by atoms with Gasteiger partial charge in [0.25, 0.3) is 6.71 Å². The molecule has 0 radical (unpaired) electrons. The molecule has 23 rings (SSSR count). The van der Waals surface area contributed by atoms with Crippen LogP contribution in [0.5, 0.6) is 0 Å². The van der Waals surface area contributed by atoms with Crippen LogP contribution in [0.1, 0.15) is 155 Å². The van der Waals surface area contributed by atoms with Gasteiger partial charge in [-0.15, -0.1) is 0 Å². The van der Waals surface area contributed by atoms with Crippen LogP contribution in [0.4, 0.5) is 34.1 Å². The van der Waals surface area contributed by atoms with E-state index in [4.69, 9.17) is 0 Å². The molecule has 0 saturated carbocycles. The number of fused-ring (bicyclic) bond motifs is 26. The van der Waals surface area contributed by atoms with Crippen molar-refractivity contribution in [2.75, 3.05) is 58.9 Å². The van der Waals surface area contributed by atoms with Crippen molar-refractivity contribution in [3.05, 3.63) is 339 Å². The van der Waals surface area contributed by atoms with Crippen molar-refractivity contribution in [1.29, 1.82) is 0 Å². The second-order valence-electron chi connectivity index (χ2n) is 33.4. The Morgan fingerprint density at radius 2 is 0.606 bits per heavy atom. The number of benzene rings is 13. The van der Waals surface area contributed by atoms with Gasteiger partial charge in [0.1, 0.15) is 0 Å². The van der Waals surface area contributed by atoms with E-state index in [2.05, 4.69) is 280 Å². The van der Waals surface area contributed by atoms with Crippen LogP contribution in [-0.2, 0) is 49.4 Å². The van der Waals surface area contributed by atoms with E-state index in [1.165, 1.54) is 250 Å². The highest BCUT2D eigenvalue weighted by atomic mass is 15.2. The highest BCUT2D eigenvalue weighted by Gasteiger charge is 2.54. The third kappa shape index (κ3) is 9.32. The van der Waals surface area contributed by atoms with Crippen molar-refractivity contribution in [1.82, 2.24) is 0 Å². The molecule has 4 nitrogen and oxygen atoms in total. The maximum absolute atomic E-state index is 2.91. The van der Waals surface area contributed by atoms with Crippen LogP contribution in [0.3, 0.4) is 0 Å². The molecule has 0 atom stereocenters. The molecule has 0 bridgehead atoms. The quantitative estimate of drug-likeness (QED) is 0.0706. The summed E-state index contributed by atoms with van der Waals surface area (Å²) in [4.78, 5) is 11.4. The summed E-state index contributed by atoms with van der Waals surface area (Å²) in [5, 5.41) is 0. The Morgan fingerprint density at radius 3 is 0.991 bits per heavy atom. The Hall–Kier alpha value is -10.9. The molecule has 0 amide bonds. The lowest BCUT2D eigenvalue weighted by molar-refractivity contribution is 0.628. The highest BCUT2D eigenvalue weighted by molar-refractivity contribution is 7.00. The van der Waals surface area contributed by atoms with Crippen LogP contribution in [0.15, 0.2) is 261 Å². The molecule has 13 aromatic rings. The van der Waals surface area contributed by atoms with Crippen LogP contribution in [0.2, 0.25) is 0 Å². The fourth-order valence-electron chi connectivity index (χ4n) is 23.7. The SMILES string of the molecule is c1ccc(-c2ccc3c(c2)C2(c4ccccc4-c4ccccc42)c2ccccc2-3)c(CCCCCCN2c3cccc4c3B(c3cc5c6c(c32)CCCN6CCC5)c2cc3c5c(c2N4CCCCCCc2ccccc2-c2ccc4c(c2)C2(c6ccccc6-c6ccccc62)c2ccccc2-4)CCCN5CCC3)c1. The lowest BCUT2D eigenvalue weighted by atomic mass is 9.32. The summed E-state index contributed by atoms with van der Waals surface area (Å²) < 4.78 is 0. The van der Waals surface area contributed by atoms with Gasteiger partial charge >= 0.3 is 0 Å². The van der Waals surface area contributed by atoms with Gasteiger partial charge in [-0.25, -0.2) is 0 Å². The van der Waals surface area contributed by atoms with Crippen LogP contribution in [0, 0.1) is 0 Å². The van der Waals surface area contributed by atoms with E-state index in [1.807, 2.05) is 0 Å². The molecule has 6 aliphatic heterocycles. The van der Waals surface area contributed by atoms with Crippen molar-refractivity contribution in [2.24, 2.45) is 0 Å². The van der Waals surface area contributed by atoms with Gasteiger partial charge in [0.2, 0.25) is 0 Å². The zero-order chi connectivity index (χ0) is 71.5. The predicted octanol–water partition coefficient (Wildman–Crippen LogP) is 22.1. The minimum atomic E-state index is -0.350. The average molecular weight is 1410 g/mol. The Labute approximate surface area is 643 Å². The van der Waals surface area contributed by atoms with Gasteiger partial charge in [-0.05, 0) is 275 Å². The number of nitrogens with zero attached hydrogens (tertiary/aromatic N) is 4. The van der Waals surface area contributed by atoms with E-state index in [9.17, 15) is 0 Å². The van der Waals surface area contributed by atoms with Crippen molar-refractivity contribution in [3.63, 3.8) is 0 Å². The monoisotopic (exact) mass is 1410 g/mol. The van der Waals surface area contributed by atoms with E-state index in [0.29, 0.717) is 0 Å². The number of hydrogen-bond acceptors (Lipinski definition) is 4. The van der Waals surface area contributed by atoms with Gasteiger partial charge in [-0.2, -0.15) is 0 Å². The first kappa shape index (κ1) is 64.1. The molecule has 4 aliphatic carbocycles. The summed E-state index contributed by atoms with van der Waals surface area (Å²) in [6.07, 6.45) is 21.3. The number of unbranched alkanes of at least 4 members (excludes halogenated alkanes) is 6. The molecule has 0 N–H and O–H groups in total. The summed E-state index contributed by atoms with van der Waals surface area (Å²) in [6.45, 7) is 7.04. The Kier molecular flexibility index (Phi) is 14.9. The first-order valence-electron chi connectivity index (χ1n) is 41.7. The molecule has 13 aromatic carbocycles. The third-order valence-corrected chi connectivity index (χ3v) is 27.9. The molecule has 0 saturated heterocycles. The Bertz CT molecular complexity index is 5450. The Balaban J connectivity index is 0.531. The lowest BCUT2D eigenvalue weighted by Crippen LogP contribution is -2.63. The predicted molar refractivity (Wildman–Crippen MR) is 456 cm³/mol. The topological polar surface area (TPSA) is 13.0 Å². The highest BCUT2D eigenvalue weighted by Crippen LogP contribution is 2.65. The van der Waals surface area contributed by atoms with Crippen LogP contribution in [0.25, 0.3) is 66.8 Å². The molecule has 5 heteroatoms. The van der Waals surface area contributed by atoms with Gasteiger partial charge in [-0.3, -0.25) is 0 Å². The van der Waals surface area contributed by atoms with E-state index in [1.54, 1.807) is 61.4 Å². The maximum atomic E-state index is 2.91. The van der Waals surface area contributed by atoms with Crippen molar-refractivity contribution in [3.8, 4) is 66.8 Å². The minimum Gasteiger partial charge on any atom is -0.371 e. The fourth-order valence-corrected chi connectivity index (χ4v) is 23.7. The number of aryl methyl sites for hydroxylation is 4. The summed E-state index contributed by atoms with van der Waals surface area (Å²) in [6, 6.07) is 102. The molecule has 2 spiro atoms. The van der Waals surface area contributed by atoms with Crippen molar-refractivity contribution >= 4 is 57.2 Å². The maximum Gasteiger partial charge on any atom is 0.252 e. The first-order chi connectivity index (χ1) is 54.1. The number of hydrogen-bond donors (Lipinski definition) is 0. The van der Waals surface area contributed by atoms with Crippen molar-refractivity contribution < 1.29 is 0 Å². The van der Waals surface area contributed by atoms with E-state index in [-0.39, 0.29) is 17.5 Å². The molecule has 109 heavy (non-hydrogen) atoms. The molecule has 0 aromatic heterocycles. The fraction of sp³-hybridized carbons (Fsp3) is 0.250. The number of rotatable bonds is 16. The van der Waals surface area contributed by atoms with Crippen LogP contribution < -0.4 is 36.0 Å². The summed E-state index contributed by atoms with van der Waals surface area (Å²) in [7, 11) is 0. The zero-order valence-electron chi connectivity index (χ0n) is 62.7. The third-order valence-electron chi connectivity index (χ3n) is 27.9. The van der Waals surface area contributed by atoms with Gasteiger partial charge < -0.3 is 19.6 Å². The molecule has 6 heterocycles. The average Bonchev–Trinajstić information content (AvgIpc) is 1.52. The van der Waals surface area contributed by atoms with E-state index >= 15 is 0 Å². The van der Waals surface area contributed by atoms with Crippen LogP contribution in [-0.4, -0.2) is 46.0 Å². The van der Waals surface area contributed by atoms with Gasteiger partial charge in [0.15, 0.2) is 0 Å². The first-order valence-corrected chi connectivity index (χ1v) is 41.7.